The number of nitrogens with zero attached hydrogens (tertiary/aromatic N) is 1. The van der Waals surface area contributed by atoms with E-state index in [1.807, 2.05) is 6.92 Å². The van der Waals surface area contributed by atoms with Crippen molar-refractivity contribution in [1.82, 2.24) is 5.16 Å². The second-order valence-electron chi connectivity index (χ2n) is 5.95. The van der Waals surface area contributed by atoms with Crippen LogP contribution in [0.15, 0.2) is 59.3 Å². The van der Waals surface area contributed by atoms with Crippen molar-refractivity contribution in [2.75, 3.05) is 5.32 Å². The fourth-order valence-corrected chi connectivity index (χ4v) is 2.58. The van der Waals surface area contributed by atoms with Gasteiger partial charge in [-0.3, -0.25) is 9.59 Å². The van der Waals surface area contributed by atoms with Crippen molar-refractivity contribution in [2.24, 2.45) is 0 Å². The molecule has 3 rings (SSSR count). The molecule has 0 saturated heterocycles. The third-order valence-electron chi connectivity index (χ3n) is 4.09. The van der Waals surface area contributed by atoms with Gasteiger partial charge in [-0.2, -0.15) is 13.2 Å². The number of amides is 1. The Kier molecular flexibility index (Phi) is 5.30. The summed E-state index contributed by atoms with van der Waals surface area (Å²) < 4.78 is 42.8. The van der Waals surface area contributed by atoms with Gasteiger partial charge in [0.2, 0.25) is 0 Å². The monoisotopic (exact) mass is 388 g/mol. The third-order valence-corrected chi connectivity index (χ3v) is 4.09. The predicted octanol–water partition coefficient (Wildman–Crippen LogP) is 4.74. The molecule has 0 unspecified atom stereocenters. The molecule has 2 aromatic carbocycles. The number of benzene rings is 2. The molecule has 0 aliphatic rings. The van der Waals surface area contributed by atoms with E-state index in [1.165, 1.54) is 30.5 Å². The van der Waals surface area contributed by atoms with Crippen LogP contribution in [0.5, 0.6) is 0 Å². The highest BCUT2D eigenvalue weighted by Crippen LogP contribution is 2.29. The predicted molar refractivity (Wildman–Crippen MR) is 95.2 cm³/mol. The molecule has 1 amide bonds. The lowest BCUT2D eigenvalue weighted by atomic mass is 10.0. The summed E-state index contributed by atoms with van der Waals surface area (Å²) >= 11 is 0. The van der Waals surface area contributed by atoms with Crippen LogP contribution in [0.2, 0.25) is 0 Å². The van der Waals surface area contributed by atoms with Gasteiger partial charge in [0.15, 0.2) is 5.78 Å². The zero-order valence-electron chi connectivity index (χ0n) is 14.7. The zero-order chi connectivity index (χ0) is 20.3. The molecule has 0 bridgehead atoms. The van der Waals surface area contributed by atoms with E-state index in [9.17, 15) is 22.8 Å². The second-order valence-corrected chi connectivity index (χ2v) is 5.95. The Labute approximate surface area is 158 Å². The third kappa shape index (κ3) is 4.11. The molecule has 0 aliphatic heterocycles. The van der Waals surface area contributed by atoms with Crippen molar-refractivity contribution < 1.29 is 27.3 Å². The van der Waals surface area contributed by atoms with E-state index < -0.39 is 17.5 Å². The average Bonchev–Trinajstić information content (AvgIpc) is 3.16. The molecule has 0 saturated carbocycles. The molecule has 0 radical (unpaired) electrons. The van der Waals surface area contributed by atoms with Gasteiger partial charge in [0, 0.05) is 23.2 Å². The second kappa shape index (κ2) is 7.67. The maximum absolute atomic E-state index is 12.6. The summed E-state index contributed by atoms with van der Waals surface area (Å²) in [5, 5.41) is 6.27. The number of alkyl halides is 3. The Balaban J connectivity index is 1.71. The summed E-state index contributed by atoms with van der Waals surface area (Å²) in [6.07, 6.45) is -2.61. The van der Waals surface area contributed by atoms with Gasteiger partial charge in [-0.15, -0.1) is 0 Å². The molecule has 1 N–H and O–H groups in total. The number of aromatic nitrogens is 1. The van der Waals surface area contributed by atoms with Gasteiger partial charge in [0.1, 0.15) is 11.3 Å². The zero-order valence-corrected chi connectivity index (χ0v) is 14.7. The molecule has 0 atom stereocenters. The number of hydrogen-bond acceptors (Lipinski definition) is 4. The van der Waals surface area contributed by atoms with Crippen molar-refractivity contribution in [3.63, 3.8) is 0 Å². The van der Waals surface area contributed by atoms with E-state index in [2.05, 4.69) is 10.5 Å². The minimum absolute atomic E-state index is 0.141. The van der Waals surface area contributed by atoms with Crippen LogP contribution in [0.3, 0.4) is 0 Å². The summed E-state index contributed by atoms with van der Waals surface area (Å²) in [6, 6.07) is 10.1. The van der Waals surface area contributed by atoms with Crippen LogP contribution < -0.4 is 5.32 Å². The van der Waals surface area contributed by atoms with E-state index in [0.29, 0.717) is 23.4 Å². The number of carbonyl (C=O) groups is 2. The van der Waals surface area contributed by atoms with E-state index in [4.69, 9.17) is 4.52 Å². The number of nitrogens with one attached hydrogen (secondary N) is 1. The largest absolute Gasteiger partial charge is 0.416 e. The van der Waals surface area contributed by atoms with E-state index in [0.717, 1.165) is 24.3 Å². The summed E-state index contributed by atoms with van der Waals surface area (Å²) in [4.78, 5) is 24.7. The number of halogens is 3. The molecular formula is C20H15F3N2O3. The number of anilines is 1. The first-order chi connectivity index (χ1) is 13.3. The molecule has 8 heteroatoms. The fraction of sp³-hybridized carbons (Fsp3) is 0.150. The maximum atomic E-state index is 12.6. The Morgan fingerprint density at radius 3 is 2.11 bits per heavy atom. The van der Waals surface area contributed by atoms with Gasteiger partial charge in [0.25, 0.3) is 5.91 Å². The van der Waals surface area contributed by atoms with Gasteiger partial charge < -0.3 is 9.84 Å². The lowest BCUT2D eigenvalue weighted by molar-refractivity contribution is -0.137. The molecule has 1 aromatic heterocycles. The lowest BCUT2D eigenvalue weighted by Gasteiger charge is -2.08. The van der Waals surface area contributed by atoms with Crippen LogP contribution in [0.4, 0.5) is 18.9 Å². The van der Waals surface area contributed by atoms with Gasteiger partial charge in [0.05, 0.1) is 11.8 Å². The molecular weight excluding hydrogens is 373 g/mol. The van der Waals surface area contributed by atoms with Gasteiger partial charge in [-0.1, -0.05) is 24.2 Å². The summed E-state index contributed by atoms with van der Waals surface area (Å²) in [7, 11) is 0. The van der Waals surface area contributed by atoms with E-state index in [-0.39, 0.29) is 17.0 Å². The number of ketones is 1. The number of carbonyl (C=O) groups excluding carboxylic acids is 2. The van der Waals surface area contributed by atoms with Gasteiger partial charge in [-0.05, 0) is 36.4 Å². The Bertz CT molecular complexity index is 991. The van der Waals surface area contributed by atoms with Crippen molar-refractivity contribution in [3.8, 4) is 0 Å². The molecule has 0 aliphatic carbocycles. The number of aryl methyl sites for hydroxylation is 1. The van der Waals surface area contributed by atoms with E-state index in [1.54, 1.807) is 0 Å². The first-order valence-electron chi connectivity index (χ1n) is 8.36. The van der Waals surface area contributed by atoms with Crippen molar-refractivity contribution in [1.29, 1.82) is 0 Å². The normalized spacial score (nSPS) is 11.3. The van der Waals surface area contributed by atoms with Crippen LogP contribution in [-0.2, 0) is 12.6 Å². The molecule has 0 fully saturated rings. The maximum Gasteiger partial charge on any atom is 0.416 e. The van der Waals surface area contributed by atoms with Crippen LogP contribution in [0.1, 0.15) is 44.5 Å². The van der Waals surface area contributed by atoms with Crippen molar-refractivity contribution >= 4 is 17.4 Å². The first-order valence-corrected chi connectivity index (χ1v) is 8.36. The van der Waals surface area contributed by atoms with Crippen molar-refractivity contribution in [2.45, 2.75) is 19.5 Å². The van der Waals surface area contributed by atoms with Crippen LogP contribution in [-0.4, -0.2) is 16.8 Å². The highest BCUT2D eigenvalue weighted by atomic mass is 19.4. The fourth-order valence-electron chi connectivity index (χ4n) is 2.58. The summed E-state index contributed by atoms with van der Waals surface area (Å²) in [5.74, 6) is -0.342. The van der Waals surface area contributed by atoms with Gasteiger partial charge >= 0.3 is 6.18 Å². The highest BCUT2D eigenvalue weighted by molar-refractivity contribution is 6.09. The summed E-state index contributed by atoms with van der Waals surface area (Å²) in [6.45, 7) is 1.83. The van der Waals surface area contributed by atoms with Crippen LogP contribution >= 0.6 is 0 Å². The molecule has 1 heterocycles. The topological polar surface area (TPSA) is 72.2 Å². The van der Waals surface area contributed by atoms with E-state index >= 15 is 0 Å². The van der Waals surface area contributed by atoms with Crippen LogP contribution in [0, 0.1) is 0 Å². The molecule has 144 valence electrons. The highest BCUT2D eigenvalue weighted by Gasteiger charge is 2.30. The molecule has 3 aromatic rings. The first kappa shape index (κ1) is 19.3. The Morgan fingerprint density at radius 1 is 1.00 bits per heavy atom. The minimum Gasteiger partial charge on any atom is -0.361 e. The Morgan fingerprint density at radius 2 is 1.57 bits per heavy atom. The minimum atomic E-state index is -4.45. The molecule has 5 nitrogen and oxygen atoms in total. The van der Waals surface area contributed by atoms with Crippen LogP contribution in [0.25, 0.3) is 0 Å². The number of rotatable bonds is 5. The number of hydrogen-bond donors (Lipinski definition) is 1. The Hall–Kier alpha value is -3.42. The quantitative estimate of drug-likeness (QED) is 0.641. The summed E-state index contributed by atoms with van der Waals surface area (Å²) in [5.41, 5.74) is 0.394. The van der Waals surface area contributed by atoms with Crippen molar-refractivity contribution in [3.05, 3.63) is 82.7 Å². The average molecular weight is 388 g/mol. The standard InChI is InChI=1S/C20H15F3N2O3/c1-2-17-16(11-24-28-17)19(27)25-15-9-5-13(6-10-15)18(26)12-3-7-14(8-4-12)20(21,22)23/h3-11H,2H2,1H3,(H,25,27). The van der Waals surface area contributed by atoms with Gasteiger partial charge in [-0.25, -0.2) is 0 Å². The smallest absolute Gasteiger partial charge is 0.361 e. The molecule has 28 heavy (non-hydrogen) atoms. The molecule has 0 spiro atoms. The SMILES string of the molecule is CCc1oncc1C(=O)Nc1ccc(C(=O)c2ccc(C(F)(F)F)cc2)cc1. The lowest BCUT2D eigenvalue weighted by Crippen LogP contribution is -2.13.